The van der Waals surface area contributed by atoms with Crippen LogP contribution in [0.25, 0.3) is 0 Å². The van der Waals surface area contributed by atoms with E-state index in [0.29, 0.717) is 22.3 Å². The normalized spacial score (nSPS) is 10.2. The molecule has 0 unspecified atom stereocenters. The number of hydrogen-bond donors (Lipinski definition) is 1. The monoisotopic (exact) mass is 219 g/mol. The van der Waals surface area contributed by atoms with Crippen LogP contribution < -0.4 is 10.1 Å². The van der Waals surface area contributed by atoms with Crippen LogP contribution in [0.1, 0.15) is 5.56 Å². The first-order valence-electron chi connectivity index (χ1n) is 3.86. The van der Waals surface area contributed by atoms with E-state index in [1.807, 2.05) is 13.1 Å². The van der Waals surface area contributed by atoms with Gasteiger partial charge >= 0.3 is 0 Å². The minimum Gasteiger partial charge on any atom is -0.495 e. The lowest BCUT2D eigenvalue weighted by Gasteiger charge is -2.08. The molecule has 2 nitrogen and oxygen atoms in total. The molecule has 0 amide bonds. The summed E-state index contributed by atoms with van der Waals surface area (Å²) in [7, 11) is 3.42. The molecule has 1 aromatic carbocycles. The number of ether oxygens (including phenoxy) is 1. The van der Waals surface area contributed by atoms with Gasteiger partial charge in [-0.3, -0.25) is 0 Å². The summed E-state index contributed by atoms with van der Waals surface area (Å²) >= 11 is 12.0. The standard InChI is InChI=1S/C9H11Cl2NO/c1-12-5-6-3-4-7(13-2)9(11)8(6)10/h3-4,12H,5H2,1-2H3. The highest BCUT2D eigenvalue weighted by molar-refractivity contribution is 6.43. The number of nitrogens with one attached hydrogen (secondary N) is 1. The van der Waals surface area contributed by atoms with Crippen molar-refractivity contribution in [1.82, 2.24) is 5.32 Å². The molecule has 0 saturated carbocycles. The summed E-state index contributed by atoms with van der Waals surface area (Å²) in [5.41, 5.74) is 0.968. The topological polar surface area (TPSA) is 21.3 Å². The Bertz CT molecular complexity index is 302. The van der Waals surface area contributed by atoms with Crippen LogP contribution in [0.3, 0.4) is 0 Å². The first-order valence-corrected chi connectivity index (χ1v) is 4.61. The fourth-order valence-corrected chi connectivity index (χ4v) is 1.54. The predicted molar refractivity (Wildman–Crippen MR) is 55.8 cm³/mol. The van der Waals surface area contributed by atoms with E-state index in [9.17, 15) is 0 Å². The van der Waals surface area contributed by atoms with Gasteiger partial charge in [0.05, 0.1) is 12.1 Å². The van der Waals surface area contributed by atoms with Crippen LogP contribution in [-0.2, 0) is 6.54 Å². The lowest BCUT2D eigenvalue weighted by molar-refractivity contribution is 0.415. The molecule has 4 heteroatoms. The van der Waals surface area contributed by atoms with Crippen LogP contribution in [0, 0.1) is 0 Å². The highest BCUT2D eigenvalue weighted by Crippen LogP contribution is 2.34. The molecule has 0 spiro atoms. The van der Waals surface area contributed by atoms with Gasteiger partial charge in [0, 0.05) is 6.54 Å². The van der Waals surface area contributed by atoms with Gasteiger partial charge in [-0.1, -0.05) is 29.3 Å². The fraction of sp³-hybridized carbons (Fsp3) is 0.333. The SMILES string of the molecule is CNCc1ccc(OC)c(Cl)c1Cl. The summed E-state index contributed by atoms with van der Waals surface area (Å²) in [6.45, 7) is 0.697. The zero-order valence-corrected chi connectivity index (χ0v) is 9.04. The summed E-state index contributed by atoms with van der Waals surface area (Å²) in [5, 5.41) is 4.03. The molecule has 0 radical (unpaired) electrons. The van der Waals surface area contributed by atoms with Gasteiger partial charge in [-0.15, -0.1) is 0 Å². The number of halogens is 2. The highest BCUT2D eigenvalue weighted by atomic mass is 35.5. The molecule has 0 aliphatic rings. The second-order valence-corrected chi connectivity index (χ2v) is 3.34. The van der Waals surface area contributed by atoms with Crippen molar-refractivity contribution in [3.05, 3.63) is 27.7 Å². The molecule has 1 N–H and O–H groups in total. The first-order chi connectivity index (χ1) is 6.20. The van der Waals surface area contributed by atoms with Crippen LogP contribution in [-0.4, -0.2) is 14.2 Å². The Labute approximate surface area is 87.8 Å². The average Bonchev–Trinajstić information content (AvgIpc) is 2.14. The van der Waals surface area contributed by atoms with Crippen LogP contribution in [0.2, 0.25) is 10.0 Å². The third kappa shape index (κ3) is 2.27. The maximum Gasteiger partial charge on any atom is 0.138 e. The number of methoxy groups -OCH3 is 1. The summed E-state index contributed by atoms with van der Waals surface area (Å²) in [6, 6.07) is 3.70. The Hall–Kier alpha value is -0.440. The Kier molecular flexibility index (Phi) is 3.85. The van der Waals surface area contributed by atoms with Crippen LogP contribution in [0.4, 0.5) is 0 Å². The van der Waals surface area contributed by atoms with Gasteiger partial charge in [0.15, 0.2) is 0 Å². The molecule has 0 atom stereocenters. The predicted octanol–water partition coefficient (Wildman–Crippen LogP) is 2.72. The largest absolute Gasteiger partial charge is 0.495 e. The van der Waals surface area contributed by atoms with Crippen molar-refractivity contribution in [2.75, 3.05) is 14.2 Å². The van der Waals surface area contributed by atoms with E-state index in [0.717, 1.165) is 5.56 Å². The molecule has 0 bridgehead atoms. The highest BCUT2D eigenvalue weighted by Gasteiger charge is 2.09. The zero-order chi connectivity index (χ0) is 9.84. The van der Waals surface area contributed by atoms with Crippen molar-refractivity contribution in [2.24, 2.45) is 0 Å². The second kappa shape index (κ2) is 4.70. The Morgan fingerprint density at radius 1 is 1.31 bits per heavy atom. The van der Waals surface area contributed by atoms with Crippen molar-refractivity contribution in [3.63, 3.8) is 0 Å². The quantitative estimate of drug-likeness (QED) is 0.845. The first kappa shape index (κ1) is 10.6. The number of hydrogen-bond acceptors (Lipinski definition) is 2. The minimum atomic E-state index is 0.469. The van der Waals surface area contributed by atoms with Gasteiger partial charge in [0.25, 0.3) is 0 Å². The van der Waals surface area contributed by atoms with Gasteiger partial charge in [-0.2, -0.15) is 0 Å². The summed E-state index contributed by atoms with van der Waals surface area (Å²) in [4.78, 5) is 0. The summed E-state index contributed by atoms with van der Waals surface area (Å²) in [5.74, 6) is 0.603. The van der Waals surface area contributed by atoms with E-state index < -0.39 is 0 Å². The third-order valence-corrected chi connectivity index (χ3v) is 2.62. The maximum absolute atomic E-state index is 6.00. The van der Waals surface area contributed by atoms with Crippen molar-refractivity contribution < 1.29 is 4.74 Å². The van der Waals surface area contributed by atoms with Crippen LogP contribution in [0.5, 0.6) is 5.75 Å². The van der Waals surface area contributed by atoms with Crippen molar-refractivity contribution in [1.29, 1.82) is 0 Å². The molecular formula is C9H11Cl2NO. The van der Waals surface area contributed by atoms with Crippen molar-refractivity contribution in [3.8, 4) is 5.75 Å². The molecule has 1 aromatic rings. The molecule has 0 heterocycles. The number of benzene rings is 1. The molecule has 1 rings (SSSR count). The van der Waals surface area contributed by atoms with Crippen molar-refractivity contribution >= 4 is 23.2 Å². The van der Waals surface area contributed by atoms with E-state index in [1.54, 1.807) is 13.2 Å². The minimum absolute atomic E-state index is 0.469. The van der Waals surface area contributed by atoms with Gasteiger partial charge in [-0.05, 0) is 18.7 Å². The van der Waals surface area contributed by atoms with E-state index in [4.69, 9.17) is 27.9 Å². The molecule has 0 aromatic heterocycles. The molecule has 0 fully saturated rings. The smallest absolute Gasteiger partial charge is 0.138 e. The third-order valence-electron chi connectivity index (χ3n) is 1.71. The zero-order valence-electron chi connectivity index (χ0n) is 7.53. The fourth-order valence-electron chi connectivity index (χ4n) is 1.06. The number of rotatable bonds is 3. The second-order valence-electron chi connectivity index (χ2n) is 2.59. The Balaban J connectivity index is 3.07. The van der Waals surface area contributed by atoms with E-state index >= 15 is 0 Å². The van der Waals surface area contributed by atoms with Gasteiger partial charge < -0.3 is 10.1 Å². The van der Waals surface area contributed by atoms with Crippen LogP contribution in [0.15, 0.2) is 12.1 Å². The molecule has 0 saturated heterocycles. The van der Waals surface area contributed by atoms with Gasteiger partial charge in [-0.25, -0.2) is 0 Å². The lowest BCUT2D eigenvalue weighted by atomic mass is 10.2. The Morgan fingerprint density at radius 3 is 2.54 bits per heavy atom. The summed E-state index contributed by atoms with van der Waals surface area (Å²) < 4.78 is 5.02. The molecule has 0 aliphatic carbocycles. The molecular weight excluding hydrogens is 209 g/mol. The van der Waals surface area contributed by atoms with Crippen LogP contribution >= 0.6 is 23.2 Å². The van der Waals surface area contributed by atoms with E-state index in [2.05, 4.69) is 5.32 Å². The Morgan fingerprint density at radius 2 is 2.00 bits per heavy atom. The van der Waals surface area contributed by atoms with Crippen molar-refractivity contribution in [2.45, 2.75) is 6.54 Å². The molecule has 13 heavy (non-hydrogen) atoms. The van der Waals surface area contributed by atoms with E-state index in [-0.39, 0.29) is 0 Å². The molecule has 72 valence electrons. The van der Waals surface area contributed by atoms with Gasteiger partial charge in [0.2, 0.25) is 0 Å². The average molecular weight is 220 g/mol. The maximum atomic E-state index is 6.00. The van der Waals surface area contributed by atoms with Gasteiger partial charge in [0.1, 0.15) is 10.8 Å². The van der Waals surface area contributed by atoms with E-state index in [1.165, 1.54) is 0 Å². The summed E-state index contributed by atoms with van der Waals surface area (Å²) in [6.07, 6.45) is 0. The lowest BCUT2D eigenvalue weighted by Crippen LogP contribution is -2.05. The molecule has 0 aliphatic heterocycles.